The molecule has 0 amide bonds. The van der Waals surface area contributed by atoms with Gasteiger partial charge in [0.05, 0.1) is 4.47 Å². The van der Waals surface area contributed by atoms with E-state index in [1.54, 1.807) is 6.07 Å². The molecule has 0 radical (unpaired) electrons. The maximum absolute atomic E-state index is 5.53. The number of hydrogen-bond donors (Lipinski definition) is 1. The van der Waals surface area contributed by atoms with Gasteiger partial charge >= 0.3 is 0 Å². The lowest BCUT2D eigenvalue weighted by atomic mass is 10.2. The van der Waals surface area contributed by atoms with Gasteiger partial charge in [-0.05, 0) is 28.1 Å². The first-order chi connectivity index (χ1) is 6.68. The van der Waals surface area contributed by atoms with E-state index in [9.17, 15) is 0 Å². The SMILES string of the molecule is NC(=S)c1cc(Br)c2c(c1)OCCO2. The van der Waals surface area contributed by atoms with E-state index in [2.05, 4.69) is 15.9 Å². The van der Waals surface area contributed by atoms with Crippen molar-refractivity contribution in [2.45, 2.75) is 0 Å². The van der Waals surface area contributed by atoms with Gasteiger partial charge in [-0.1, -0.05) is 12.2 Å². The van der Waals surface area contributed by atoms with E-state index >= 15 is 0 Å². The fourth-order valence-corrected chi connectivity index (χ4v) is 1.93. The topological polar surface area (TPSA) is 44.5 Å². The van der Waals surface area contributed by atoms with E-state index in [1.807, 2.05) is 6.07 Å². The van der Waals surface area contributed by atoms with Crippen molar-refractivity contribution in [1.29, 1.82) is 0 Å². The van der Waals surface area contributed by atoms with Gasteiger partial charge in [-0.3, -0.25) is 0 Å². The molecule has 0 atom stereocenters. The number of rotatable bonds is 1. The molecular weight excluding hydrogens is 266 g/mol. The summed E-state index contributed by atoms with van der Waals surface area (Å²) in [4.78, 5) is 0.350. The second-order valence-electron chi connectivity index (χ2n) is 2.85. The summed E-state index contributed by atoms with van der Waals surface area (Å²) in [6, 6.07) is 3.62. The Bertz CT molecular complexity index is 395. The van der Waals surface area contributed by atoms with Gasteiger partial charge in [0.15, 0.2) is 11.5 Å². The lowest BCUT2D eigenvalue weighted by molar-refractivity contribution is 0.170. The summed E-state index contributed by atoms with van der Waals surface area (Å²) in [7, 11) is 0. The Labute approximate surface area is 95.3 Å². The summed E-state index contributed by atoms with van der Waals surface area (Å²) < 4.78 is 11.7. The van der Waals surface area contributed by atoms with Gasteiger partial charge in [-0.15, -0.1) is 0 Å². The van der Waals surface area contributed by atoms with Crippen molar-refractivity contribution in [2.75, 3.05) is 13.2 Å². The molecule has 1 aliphatic rings. The van der Waals surface area contributed by atoms with Gasteiger partial charge in [0, 0.05) is 5.56 Å². The first-order valence-corrected chi connectivity index (χ1v) is 5.27. The summed E-state index contributed by atoms with van der Waals surface area (Å²) in [5, 5.41) is 0. The first-order valence-electron chi connectivity index (χ1n) is 4.07. The Balaban J connectivity index is 2.51. The third-order valence-corrected chi connectivity index (χ3v) is 2.71. The number of benzene rings is 1. The summed E-state index contributed by atoms with van der Waals surface area (Å²) in [5.41, 5.74) is 6.30. The van der Waals surface area contributed by atoms with Crippen LogP contribution in [0, 0.1) is 0 Å². The average molecular weight is 274 g/mol. The molecule has 0 bridgehead atoms. The van der Waals surface area contributed by atoms with Crippen LogP contribution in [0.2, 0.25) is 0 Å². The highest BCUT2D eigenvalue weighted by molar-refractivity contribution is 9.10. The zero-order valence-electron chi connectivity index (χ0n) is 7.25. The monoisotopic (exact) mass is 273 g/mol. The van der Waals surface area contributed by atoms with Crippen LogP contribution >= 0.6 is 28.1 Å². The van der Waals surface area contributed by atoms with Crippen molar-refractivity contribution in [3.63, 3.8) is 0 Å². The van der Waals surface area contributed by atoms with E-state index in [4.69, 9.17) is 27.4 Å². The van der Waals surface area contributed by atoms with Crippen LogP contribution in [0.4, 0.5) is 0 Å². The van der Waals surface area contributed by atoms with Crippen LogP contribution in [-0.4, -0.2) is 18.2 Å². The summed E-state index contributed by atoms with van der Waals surface area (Å²) >= 11 is 8.27. The van der Waals surface area contributed by atoms with E-state index in [0.717, 1.165) is 15.8 Å². The van der Waals surface area contributed by atoms with Crippen LogP contribution in [0.5, 0.6) is 11.5 Å². The van der Waals surface area contributed by atoms with Crippen molar-refractivity contribution in [3.05, 3.63) is 22.2 Å². The smallest absolute Gasteiger partial charge is 0.175 e. The Morgan fingerprint density at radius 2 is 2.07 bits per heavy atom. The number of hydrogen-bond acceptors (Lipinski definition) is 3. The van der Waals surface area contributed by atoms with Crippen molar-refractivity contribution >= 4 is 33.1 Å². The second-order valence-corrected chi connectivity index (χ2v) is 4.14. The molecule has 74 valence electrons. The molecule has 0 saturated heterocycles. The number of thiocarbonyl (C=S) groups is 1. The molecule has 0 aromatic heterocycles. The quantitative estimate of drug-likeness (QED) is 0.794. The molecule has 5 heteroatoms. The summed E-state index contributed by atoms with van der Waals surface area (Å²) in [6.07, 6.45) is 0. The Morgan fingerprint density at radius 1 is 1.36 bits per heavy atom. The molecule has 0 aliphatic carbocycles. The standard InChI is InChI=1S/C9H8BrNO2S/c10-6-3-5(9(11)14)4-7-8(6)13-2-1-12-7/h3-4H,1-2H2,(H2,11,14). The van der Waals surface area contributed by atoms with Gasteiger partial charge in [0.1, 0.15) is 18.2 Å². The van der Waals surface area contributed by atoms with Crippen molar-refractivity contribution in [1.82, 2.24) is 0 Å². The number of nitrogens with two attached hydrogens (primary N) is 1. The molecule has 1 aliphatic heterocycles. The lowest BCUT2D eigenvalue weighted by Crippen LogP contribution is -2.17. The van der Waals surface area contributed by atoms with Gasteiger partial charge in [-0.25, -0.2) is 0 Å². The molecule has 1 aromatic rings. The highest BCUT2D eigenvalue weighted by Crippen LogP contribution is 2.38. The number of ether oxygens (including phenoxy) is 2. The van der Waals surface area contributed by atoms with Gasteiger partial charge in [-0.2, -0.15) is 0 Å². The van der Waals surface area contributed by atoms with Crippen molar-refractivity contribution < 1.29 is 9.47 Å². The maximum atomic E-state index is 5.53. The van der Waals surface area contributed by atoms with E-state index in [-0.39, 0.29) is 0 Å². The second kappa shape index (κ2) is 3.74. The number of halogens is 1. The first kappa shape index (κ1) is 9.73. The molecule has 0 spiro atoms. The average Bonchev–Trinajstić information content (AvgIpc) is 2.17. The molecule has 0 saturated carbocycles. The van der Waals surface area contributed by atoms with Crippen LogP contribution < -0.4 is 15.2 Å². The molecule has 0 fully saturated rings. The van der Waals surface area contributed by atoms with Crippen LogP contribution in [0.15, 0.2) is 16.6 Å². The normalized spacial score (nSPS) is 13.8. The van der Waals surface area contributed by atoms with Gasteiger partial charge < -0.3 is 15.2 Å². The molecule has 14 heavy (non-hydrogen) atoms. The molecule has 2 N–H and O–H groups in total. The minimum absolute atomic E-state index is 0.350. The van der Waals surface area contributed by atoms with Crippen molar-refractivity contribution in [3.8, 4) is 11.5 Å². The Hall–Kier alpha value is -0.810. The predicted molar refractivity (Wildman–Crippen MR) is 61.0 cm³/mol. The molecular formula is C9H8BrNO2S. The highest BCUT2D eigenvalue weighted by atomic mass is 79.9. The highest BCUT2D eigenvalue weighted by Gasteiger charge is 2.16. The van der Waals surface area contributed by atoms with Crippen LogP contribution in [0.25, 0.3) is 0 Å². The molecule has 1 aromatic carbocycles. The zero-order valence-corrected chi connectivity index (χ0v) is 9.65. The van der Waals surface area contributed by atoms with Crippen molar-refractivity contribution in [2.24, 2.45) is 5.73 Å². The van der Waals surface area contributed by atoms with E-state index in [0.29, 0.717) is 24.0 Å². The number of fused-ring (bicyclic) bond motifs is 1. The van der Waals surface area contributed by atoms with Gasteiger partial charge in [0.25, 0.3) is 0 Å². The van der Waals surface area contributed by atoms with Crippen LogP contribution in [0.1, 0.15) is 5.56 Å². The maximum Gasteiger partial charge on any atom is 0.175 e. The van der Waals surface area contributed by atoms with E-state index < -0.39 is 0 Å². The third kappa shape index (κ3) is 1.69. The Morgan fingerprint density at radius 3 is 2.79 bits per heavy atom. The molecule has 1 heterocycles. The van der Waals surface area contributed by atoms with Crippen LogP contribution in [0.3, 0.4) is 0 Å². The summed E-state index contributed by atoms with van der Waals surface area (Å²) in [5.74, 6) is 1.41. The Kier molecular flexibility index (Phi) is 2.60. The molecule has 2 rings (SSSR count). The minimum atomic E-state index is 0.350. The van der Waals surface area contributed by atoms with Gasteiger partial charge in [0.2, 0.25) is 0 Å². The van der Waals surface area contributed by atoms with E-state index in [1.165, 1.54) is 0 Å². The zero-order chi connectivity index (χ0) is 10.1. The fraction of sp³-hybridized carbons (Fsp3) is 0.222. The molecule has 3 nitrogen and oxygen atoms in total. The lowest BCUT2D eigenvalue weighted by Gasteiger charge is -2.20. The predicted octanol–water partition coefficient (Wildman–Crippen LogP) is 1.85. The summed E-state index contributed by atoms with van der Waals surface area (Å²) in [6.45, 7) is 1.12. The van der Waals surface area contributed by atoms with Crippen LogP contribution in [-0.2, 0) is 0 Å². The molecule has 0 unspecified atom stereocenters. The fourth-order valence-electron chi connectivity index (χ4n) is 1.25. The third-order valence-electron chi connectivity index (χ3n) is 1.88. The minimum Gasteiger partial charge on any atom is -0.486 e. The largest absolute Gasteiger partial charge is 0.486 e.